The second-order valence-corrected chi connectivity index (χ2v) is 6.25. The van der Waals surface area contributed by atoms with Crippen LogP contribution < -0.4 is 10.6 Å². The van der Waals surface area contributed by atoms with E-state index in [1.165, 1.54) is 6.07 Å². The van der Waals surface area contributed by atoms with Crippen molar-refractivity contribution in [3.8, 4) is 0 Å². The van der Waals surface area contributed by atoms with Crippen LogP contribution in [0.3, 0.4) is 0 Å². The lowest BCUT2D eigenvalue weighted by Crippen LogP contribution is -2.38. The molecule has 2 nitrogen and oxygen atoms in total. The standard InChI is InChI=1S/C13H19F3N2S/c1-12(2,3)18-9-8-17-10-6-4-5-7-11(10)19-13(14,15)16/h4-7,17-18H,8-9H2,1-3H3. The van der Waals surface area contributed by atoms with Crippen LogP contribution >= 0.6 is 11.8 Å². The van der Waals surface area contributed by atoms with Gasteiger partial charge in [0, 0.05) is 29.2 Å². The number of hydrogen-bond donors (Lipinski definition) is 2. The summed E-state index contributed by atoms with van der Waals surface area (Å²) in [5.41, 5.74) is -3.75. The van der Waals surface area contributed by atoms with E-state index >= 15 is 0 Å². The quantitative estimate of drug-likeness (QED) is 0.631. The molecule has 0 bridgehead atoms. The van der Waals surface area contributed by atoms with Crippen LogP contribution in [0.2, 0.25) is 0 Å². The number of anilines is 1. The number of benzene rings is 1. The van der Waals surface area contributed by atoms with Crippen LogP contribution in [0.4, 0.5) is 18.9 Å². The van der Waals surface area contributed by atoms with E-state index in [1.54, 1.807) is 18.2 Å². The summed E-state index contributed by atoms with van der Waals surface area (Å²) in [6.45, 7) is 7.39. The SMILES string of the molecule is CC(C)(C)NCCNc1ccccc1SC(F)(F)F. The number of para-hydroxylation sites is 1. The van der Waals surface area contributed by atoms with E-state index in [-0.39, 0.29) is 22.2 Å². The lowest BCUT2D eigenvalue weighted by molar-refractivity contribution is -0.0327. The molecule has 2 N–H and O–H groups in total. The highest BCUT2D eigenvalue weighted by Crippen LogP contribution is 2.40. The molecule has 0 heterocycles. The second kappa shape index (κ2) is 6.52. The fourth-order valence-corrected chi connectivity index (χ4v) is 2.11. The summed E-state index contributed by atoms with van der Waals surface area (Å²) in [7, 11) is 0. The summed E-state index contributed by atoms with van der Waals surface area (Å²) in [6, 6.07) is 6.45. The number of halogens is 3. The summed E-state index contributed by atoms with van der Waals surface area (Å²) in [5, 5.41) is 6.29. The Morgan fingerprint density at radius 3 is 2.26 bits per heavy atom. The fraction of sp³-hybridized carbons (Fsp3) is 0.538. The number of alkyl halides is 3. The molecule has 0 atom stereocenters. The van der Waals surface area contributed by atoms with Gasteiger partial charge in [0.25, 0.3) is 0 Å². The molecular weight excluding hydrogens is 273 g/mol. The molecule has 1 aromatic rings. The van der Waals surface area contributed by atoms with Crippen molar-refractivity contribution in [2.24, 2.45) is 0 Å². The Morgan fingerprint density at radius 2 is 1.68 bits per heavy atom. The van der Waals surface area contributed by atoms with Crippen LogP contribution in [-0.2, 0) is 0 Å². The van der Waals surface area contributed by atoms with Crippen molar-refractivity contribution >= 4 is 17.4 Å². The Hall–Kier alpha value is -0.880. The maximum Gasteiger partial charge on any atom is 0.446 e. The first-order valence-electron chi connectivity index (χ1n) is 6.01. The first-order chi connectivity index (χ1) is 8.67. The van der Waals surface area contributed by atoms with Gasteiger partial charge in [0.1, 0.15) is 0 Å². The van der Waals surface area contributed by atoms with Crippen molar-refractivity contribution in [1.29, 1.82) is 0 Å². The minimum absolute atomic E-state index is 0.00190. The topological polar surface area (TPSA) is 24.1 Å². The number of thioether (sulfide) groups is 1. The molecule has 19 heavy (non-hydrogen) atoms. The number of hydrogen-bond acceptors (Lipinski definition) is 3. The Bertz CT molecular complexity index is 400. The summed E-state index contributed by atoms with van der Waals surface area (Å²) in [6.07, 6.45) is 0. The van der Waals surface area contributed by atoms with E-state index in [2.05, 4.69) is 10.6 Å². The molecule has 0 aliphatic heterocycles. The molecule has 1 aromatic carbocycles. The molecule has 0 aliphatic rings. The van der Waals surface area contributed by atoms with Crippen molar-refractivity contribution in [3.63, 3.8) is 0 Å². The Kier molecular flexibility index (Phi) is 5.55. The van der Waals surface area contributed by atoms with Gasteiger partial charge in [0.2, 0.25) is 0 Å². The van der Waals surface area contributed by atoms with E-state index < -0.39 is 5.51 Å². The molecule has 6 heteroatoms. The zero-order chi connectivity index (χ0) is 14.5. The molecule has 0 aliphatic carbocycles. The third kappa shape index (κ3) is 7.32. The highest BCUT2D eigenvalue weighted by atomic mass is 32.2. The first kappa shape index (κ1) is 16.2. The van der Waals surface area contributed by atoms with Crippen LogP contribution in [0.25, 0.3) is 0 Å². The summed E-state index contributed by atoms with van der Waals surface area (Å²) >= 11 is -0.0920. The second-order valence-electron chi connectivity index (χ2n) is 5.15. The van der Waals surface area contributed by atoms with Crippen molar-refractivity contribution in [2.45, 2.75) is 36.7 Å². The molecule has 0 unspecified atom stereocenters. The Labute approximate surface area is 116 Å². The van der Waals surface area contributed by atoms with Crippen LogP contribution in [0.15, 0.2) is 29.2 Å². The average Bonchev–Trinajstić information content (AvgIpc) is 2.23. The molecule has 0 amide bonds. The predicted octanol–water partition coefficient (Wildman–Crippen LogP) is 4.10. The molecule has 0 radical (unpaired) electrons. The summed E-state index contributed by atoms with van der Waals surface area (Å²) < 4.78 is 37.2. The van der Waals surface area contributed by atoms with Gasteiger partial charge in [-0.15, -0.1) is 0 Å². The molecule has 0 saturated heterocycles. The van der Waals surface area contributed by atoms with Gasteiger partial charge >= 0.3 is 5.51 Å². The number of rotatable bonds is 5. The van der Waals surface area contributed by atoms with Gasteiger partial charge < -0.3 is 10.6 Å². The molecular formula is C13H19F3N2S. The third-order valence-electron chi connectivity index (χ3n) is 2.21. The van der Waals surface area contributed by atoms with Crippen molar-refractivity contribution in [1.82, 2.24) is 5.32 Å². The van der Waals surface area contributed by atoms with E-state index in [4.69, 9.17) is 0 Å². The van der Waals surface area contributed by atoms with E-state index in [9.17, 15) is 13.2 Å². The van der Waals surface area contributed by atoms with Crippen LogP contribution in [0.5, 0.6) is 0 Å². The number of nitrogens with one attached hydrogen (secondary N) is 2. The van der Waals surface area contributed by atoms with Gasteiger partial charge in [-0.3, -0.25) is 0 Å². The monoisotopic (exact) mass is 292 g/mol. The van der Waals surface area contributed by atoms with Crippen molar-refractivity contribution in [2.75, 3.05) is 18.4 Å². The zero-order valence-corrected chi connectivity index (χ0v) is 12.1. The largest absolute Gasteiger partial charge is 0.446 e. The van der Waals surface area contributed by atoms with Gasteiger partial charge in [0.05, 0.1) is 0 Å². The Morgan fingerprint density at radius 1 is 1.05 bits per heavy atom. The van der Waals surface area contributed by atoms with Crippen molar-refractivity contribution < 1.29 is 13.2 Å². The summed E-state index contributed by atoms with van der Waals surface area (Å²) in [5.74, 6) is 0. The molecule has 0 saturated carbocycles. The first-order valence-corrected chi connectivity index (χ1v) is 6.83. The van der Waals surface area contributed by atoms with Gasteiger partial charge in [-0.25, -0.2) is 0 Å². The normalized spacial score (nSPS) is 12.5. The molecule has 0 fully saturated rings. The van der Waals surface area contributed by atoms with Crippen LogP contribution in [0.1, 0.15) is 20.8 Å². The molecule has 108 valence electrons. The smallest absolute Gasteiger partial charge is 0.383 e. The predicted molar refractivity (Wildman–Crippen MR) is 74.6 cm³/mol. The minimum Gasteiger partial charge on any atom is -0.383 e. The molecule has 0 spiro atoms. The highest BCUT2D eigenvalue weighted by molar-refractivity contribution is 8.00. The van der Waals surface area contributed by atoms with Crippen LogP contribution in [-0.4, -0.2) is 24.1 Å². The van der Waals surface area contributed by atoms with Crippen LogP contribution in [0, 0.1) is 0 Å². The molecule has 1 rings (SSSR count). The van der Waals surface area contributed by atoms with Gasteiger partial charge in [-0.2, -0.15) is 13.2 Å². The lowest BCUT2D eigenvalue weighted by Gasteiger charge is -2.21. The minimum atomic E-state index is -4.26. The highest BCUT2D eigenvalue weighted by Gasteiger charge is 2.30. The third-order valence-corrected chi connectivity index (χ3v) is 3.02. The average molecular weight is 292 g/mol. The van der Waals surface area contributed by atoms with E-state index in [0.717, 1.165) is 0 Å². The van der Waals surface area contributed by atoms with Gasteiger partial charge in [-0.05, 0) is 44.7 Å². The maximum absolute atomic E-state index is 12.4. The zero-order valence-electron chi connectivity index (χ0n) is 11.3. The van der Waals surface area contributed by atoms with Gasteiger partial charge in [-0.1, -0.05) is 12.1 Å². The Balaban J connectivity index is 2.54. The lowest BCUT2D eigenvalue weighted by atomic mass is 10.1. The van der Waals surface area contributed by atoms with E-state index in [0.29, 0.717) is 18.8 Å². The maximum atomic E-state index is 12.4. The van der Waals surface area contributed by atoms with Gasteiger partial charge in [0.15, 0.2) is 0 Å². The van der Waals surface area contributed by atoms with Crippen molar-refractivity contribution in [3.05, 3.63) is 24.3 Å². The molecule has 0 aromatic heterocycles. The fourth-order valence-electron chi connectivity index (χ4n) is 1.46. The summed E-state index contributed by atoms with van der Waals surface area (Å²) in [4.78, 5) is 0.200. The van der Waals surface area contributed by atoms with E-state index in [1.807, 2.05) is 20.8 Å².